The first kappa shape index (κ1) is 9.21. The molecule has 0 saturated heterocycles. The van der Waals surface area contributed by atoms with Gasteiger partial charge in [-0.05, 0) is 19.1 Å². The molecule has 0 aliphatic heterocycles. The van der Waals surface area contributed by atoms with E-state index in [0.29, 0.717) is 0 Å². The van der Waals surface area contributed by atoms with Gasteiger partial charge in [0.05, 0.1) is 5.75 Å². The van der Waals surface area contributed by atoms with E-state index in [4.69, 9.17) is 0 Å². The summed E-state index contributed by atoms with van der Waals surface area (Å²) in [6.45, 7) is 2.08. The zero-order chi connectivity index (χ0) is 9.80. The second kappa shape index (κ2) is 4.23. The maximum Gasteiger partial charge on any atom is 0.184 e. The Labute approximate surface area is 86.1 Å². The van der Waals surface area contributed by atoms with E-state index in [9.17, 15) is 0 Å². The lowest BCUT2D eigenvalue weighted by molar-refractivity contribution is 0.881. The standard InChI is InChI=1S/C9H10N4S/c1-7-3-2-4-8(5-7)14-6-9-10-12-13-11-9/h2-5H,6H2,1H3,(H,10,11,12,13). The van der Waals surface area contributed by atoms with Gasteiger partial charge in [-0.25, -0.2) is 0 Å². The highest BCUT2D eigenvalue weighted by Gasteiger charge is 1.99. The Morgan fingerprint density at radius 3 is 3.07 bits per heavy atom. The number of aryl methyl sites for hydroxylation is 1. The Bertz CT molecular complexity index is 399. The molecular formula is C9H10N4S. The van der Waals surface area contributed by atoms with Gasteiger partial charge < -0.3 is 0 Å². The summed E-state index contributed by atoms with van der Waals surface area (Å²) >= 11 is 1.71. The zero-order valence-corrected chi connectivity index (χ0v) is 8.58. The molecule has 0 amide bonds. The largest absolute Gasteiger partial charge is 0.184 e. The van der Waals surface area contributed by atoms with Gasteiger partial charge in [-0.2, -0.15) is 5.21 Å². The van der Waals surface area contributed by atoms with Crippen LogP contribution in [0.4, 0.5) is 0 Å². The molecule has 0 aliphatic rings. The summed E-state index contributed by atoms with van der Waals surface area (Å²) in [5.74, 6) is 1.48. The number of nitrogens with one attached hydrogen (secondary N) is 1. The van der Waals surface area contributed by atoms with Crippen LogP contribution in [0.1, 0.15) is 11.4 Å². The molecule has 0 bridgehead atoms. The molecule has 0 atom stereocenters. The number of thioether (sulfide) groups is 1. The molecule has 0 fully saturated rings. The summed E-state index contributed by atoms with van der Waals surface area (Å²) in [4.78, 5) is 1.23. The van der Waals surface area contributed by atoms with E-state index in [0.717, 1.165) is 11.6 Å². The molecule has 2 rings (SSSR count). The molecule has 5 heteroatoms. The average molecular weight is 206 g/mol. The zero-order valence-electron chi connectivity index (χ0n) is 7.77. The van der Waals surface area contributed by atoms with Crippen molar-refractivity contribution in [3.63, 3.8) is 0 Å². The number of aromatic nitrogens is 4. The molecule has 1 N–H and O–H groups in total. The van der Waals surface area contributed by atoms with E-state index < -0.39 is 0 Å². The number of rotatable bonds is 3. The van der Waals surface area contributed by atoms with Crippen molar-refractivity contribution in [2.45, 2.75) is 17.6 Å². The number of aromatic amines is 1. The van der Waals surface area contributed by atoms with E-state index in [1.165, 1.54) is 10.5 Å². The van der Waals surface area contributed by atoms with Crippen molar-refractivity contribution in [2.75, 3.05) is 0 Å². The van der Waals surface area contributed by atoms with Gasteiger partial charge in [0.25, 0.3) is 0 Å². The second-order valence-electron chi connectivity index (χ2n) is 2.93. The molecule has 14 heavy (non-hydrogen) atoms. The Kier molecular flexibility index (Phi) is 2.78. The SMILES string of the molecule is Cc1cccc(SCc2nn[nH]n2)c1. The normalized spacial score (nSPS) is 10.4. The van der Waals surface area contributed by atoms with E-state index in [1.54, 1.807) is 11.8 Å². The van der Waals surface area contributed by atoms with E-state index in [2.05, 4.69) is 45.7 Å². The summed E-state index contributed by atoms with van der Waals surface area (Å²) in [6.07, 6.45) is 0. The van der Waals surface area contributed by atoms with Crippen LogP contribution in [-0.4, -0.2) is 20.6 Å². The first-order chi connectivity index (χ1) is 6.84. The fourth-order valence-corrected chi connectivity index (χ4v) is 1.96. The molecule has 0 aliphatic carbocycles. The van der Waals surface area contributed by atoms with Crippen LogP contribution in [0.15, 0.2) is 29.2 Å². The molecule has 1 heterocycles. The Balaban J connectivity index is 1.98. The van der Waals surface area contributed by atoms with E-state index in [1.807, 2.05) is 6.07 Å². The molecule has 0 unspecified atom stereocenters. The average Bonchev–Trinajstić information content (AvgIpc) is 2.67. The highest BCUT2D eigenvalue weighted by atomic mass is 32.2. The van der Waals surface area contributed by atoms with Gasteiger partial charge in [-0.3, -0.25) is 0 Å². The van der Waals surface area contributed by atoms with Gasteiger partial charge >= 0.3 is 0 Å². The monoisotopic (exact) mass is 206 g/mol. The fraction of sp³-hybridized carbons (Fsp3) is 0.222. The summed E-state index contributed by atoms with van der Waals surface area (Å²) < 4.78 is 0. The second-order valence-corrected chi connectivity index (χ2v) is 3.98. The third kappa shape index (κ3) is 2.32. The number of nitrogens with zero attached hydrogens (tertiary/aromatic N) is 3. The number of H-pyrrole nitrogens is 1. The predicted octanol–water partition coefficient (Wildman–Crippen LogP) is 1.80. The highest BCUT2D eigenvalue weighted by Crippen LogP contribution is 2.21. The Hall–Kier alpha value is -1.36. The van der Waals surface area contributed by atoms with Crippen molar-refractivity contribution >= 4 is 11.8 Å². The van der Waals surface area contributed by atoms with Crippen molar-refractivity contribution in [3.8, 4) is 0 Å². The molecular weight excluding hydrogens is 196 g/mol. The van der Waals surface area contributed by atoms with Crippen molar-refractivity contribution < 1.29 is 0 Å². The minimum Gasteiger partial charge on any atom is -0.177 e. The number of tetrazole rings is 1. The summed E-state index contributed by atoms with van der Waals surface area (Å²) in [5, 5.41) is 13.7. The minimum absolute atomic E-state index is 0.733. The van der Waals surface area contributed by atoms with Crippen LogP contribution < -0.4 is 0 Å². The smallest absolute Gasteiger partial charge is 0.177 e. The van der Waals surface area contributed by atoms with Gasteiger partial charge in [0.15, 0.2) is 5.82 Å². The van der Waals surface area contributed by atoms with Gasteiger partial charge in [0.2, 0.25) is 0 Å². The van der Waals surface area contributed by atoms with E-state index >= 15 is 0 Å². The van der Waals surface area contributed by atoms with Crippen LogP contribution in [0.5, 0.6) is 0 Å². The van der Waals surface area contributed by atoms with Crippen LogP contribution >= 0.6 is 11.8 Å². The topological polar surface area (TPSA) is 54.5 Å². The predicted molar refractivity (Wildman–Crippen MR) is 54.9 cm³/mol. The molecule has 0 radical (unpaired) electrons. The first-order valence-electron chi connectivity index (χ1n) is 4.26. The minimum atomic E-state index is 0.733. The van der Waals surface area contributed by atoms with Crippen LogP contribution in [0.25, 0.3) is 0 Å². The molecule has 2 aromatic rings. The lowest BCUT2D eigenvalue weighted by Crippen LogP contribution is -1.84. The van der Waals surface area contributed by atoms with Gasteiger partial charge in [0, 0.05) is 4.90 Å². The molecule has 0 spiro atoms. The van der Waals surface area contributed by atoms with Crippen LogP contribution in [-0.2, 0) is 5.75 Å². The van der Waals surface area contributed by atoms with Crippen molar-refractivity contribution in [3.05, 3.63) is 35.7 Å². The molecule has 4 nitrogen and oxygen atoms in total. The highest BCUT2D eigenvalue weighted by molar-refractivity contribution is 7.98. The van der Waals surface area contributed by atoms with Gasteiger partial charge in [0.1, 0.15) is 0 Å². The van der Waals surface area contributed by atoms with E-state index in [-0.39, 0.29) is 0 Å². The van der Waals surface area contributed by atoms with Crippen molar-refractivity contribution in [1.82, 2.24) is 20.6 Å². The van der Waals surface area contributed by atoms with Crippen molar-refractivity contribution in [1.29, 1.82) is 0 Å². The Morgan fingerprint density at radius 2 is 2.36 bits per heavy atom. The van der Waals surface area contributed by atoms with Crippen LogP contribution in [0, 0.1) is 6.92 Å². The van der Waals surface area contributed by atoms with Crippen LogP contribution in [0.2, 0.25) is 0 Å². The summed E-state index contributed by atoms with van der Waals surface area (Å²) in [7, 11) is 0. The lowest BCUT2D eigenvalue weighted by atomic mass is 10.2. The van der Waals surface area contributed by atoms with Crippen molar-refractivity contribution in [2.24, 2.45) is 0 Å². The maximum absolute atomic E-state index is 3.89. The Morgan fingerprint density at radius 1 is 1.43 bits per heavy atom. The van der Waals surface area contributed by atoms with Gasteiger partial charge in [-0.1, -0.05) is 22.9 Å². The molecule has 1 aromatic carbocycles. The molecule has 72 valence electrons. The lowest BCUT2D eigenvalue weighted by Gasteiger charge is -1.99. The number of benzene rings is 1. The third-order valence-corrected chi connectivity index (χ3v) is 2.74. The fourth-order valence-electron chi connectivity index (χ4n) is 1.10. The number of hydrogen-bond acceptors (Lipinski definition) is 4. The molecule has 0 saturated carbocycles. The summed E-state index contributed by atoms with van der Waals surface area (Å²) in [6, 6.07) is 8.36. The number of hydrogen-bond donors (Lipinski definition) is 1. The third-order valence-electron chi connectivity index (χ3n) is 1.75. The quantitative estimate of drug-likeness (QED) is 0.778. The molecule has 1 aromatic heterocycles. The first-order valence-corrected chi connectivity index (χ1v) is 5.25. The maximum atomic E-state index is 3.89. The van der Waals surface area contributed by atoms with Crippen LogP contribution in [0.3, 0.4) is 0 Å². The van der Waals surface area contributed by atoms with Gasteiger partial charge in [-0.15, -0.1) is 22.0 Å². The summed E-state index contributed by atoms with van der Waals surface area (Å²) in [5.41, 5.74) is 1.27.